The van der Waals surface area contributed by atoms with Gasteiger partial charge in [-0.15, -0.1) is 0 Å². The first-order chi connectivity index (χ1) is 7.31. The summed E-state index contributed by atoms with van der Waals surface area (Å²) in [6.45, 7) is 5.38. The van der Waals surface area contributed by atoms with Gasteiger partial charge in [-0.25, -0.2) is 0 Å². The summed E-state index contributed by atoms with van der Waals surface area (Å²) in [6, 6.07) is 2.94. The van der Waals surface area contributed by atoms with E-state index in [-0.39, 0.29) is 6.04 Å². The van der Waals surface area contributed by atoms with Crippen molar-refractivity contribution in [3.63, 3.8) is 0 Å². The second-order valence-corrected chi connectivity index (χ2v) is 3.96. The first-order valence-electron chi connectivity index (χ1n) is 5.67. The van der Waals surface area contributed by atoms with E-state index in [2.05, 4.69) is 16.3 Å². The lowest BCUT2D eigenvalue weighted by Crippen LogP contribution is -2.42. The summed E-state index contributed by atoms with van der Waals surface area (Å²) in [6.07, 6.45) is 2.54. The fraction of sp³-hybridized carbons (Fsp3) is 0.909. The zero-order valence-corrected chi connectivity index (χ0v) is 9.70. The molecule has 1 atom stereocenters. The van der Waals surface area contributed by atoms with Crippen LogP contribution < -0.4 is 5.32 Å². The second kappa shape index (κ2) is 6.78. The molecule has 1 fully saturated rings. The Bertz CT molecular complexity index is 210. The number of likely N-dealkylation sites (N-methyl/N-ethyl adjacent to an activating group) is 1. The molecule has 1 aliphatic carbocycles. The van der Waals surface area contributed by atoms with Gasteiger partial charge >= 0.3 is 0 Å². The molecule has 4 heteroatoms. The van der Waals surface area contributed by atoms with Crippen LogP contribution >= 0.6 is 0 Å². The molecular weight excluding hydrogens is 190 g/mol. The van der Waals surface area contributed by atoms with E-state index in [0.29, 0.717) is 6.04 Å². The molecule has 0 aromatic heterocycles. The molecule has 0 aliphatic heterocycles. The zero-order chi connectivity index (χ0) is 11.1. The molecule has 86 valence electrons. The number of rotatable bonds is 8. The Kier molecular flexibility index (Phi) is 5.62. The van der Waals surface area contributed by atoms with Crippen molar-refractivity contribution in [3.8, 4) is 6.07 Å². The number of methoxy groups -OCH3 is 1. The van der Waals surface area contributed by atoms with Gasteiger partial charge in [-0.1, -0.05) is 6.92 Å². The quantitative estimate of drug-likeness (QED) is 0.638. The van der Waals surface area contributed by atoms with Crippen molar-refractivity contribution in [1.82, 2.24) is 10.2 Å². The number of hydrogen-bond acceptors (Lipinski definition) is 4. The standard InChI is InChI=1S/C11H21N3O/c1-3-13-10(8-12)9-14(6-7-15-2)11-4-5-11/h10-11,13H,3-7,9H2,1-2H3. The molecular formula is C11H21N3O. The zero-order valence-electron chi connectivity index (χ0n) is 9.70. The third-order valence-electron chi connectivity index (χ3n) is 2.67. The van der Waals surface area contributed by atoms with Gasteiger partial charge in [0.25, 0.3) is 0 Å². The van der Waals surface area contributed by atoms with Crippen LogP contribution in [0, 0.1) is 11.3 Å². The lowest BCUT2D eigenvalue weighted by Gasteiger charge is -2.24. The highest BCUT2D eigenvalue weighted by molar-refractivity contribution is 4.95. The van der Waals surface area contributed by atoms with E-state index in [4.69, 9.17) is 10.00 Å². The van der Waals surface area contributed by atoms with Crippen LogP contribution in [0.5, 0.6) is 0 Å². The minimum atomic E-state index is -0.0487. The Balaban J connectivity index is 2.31. The molecule has 1 unspecified atom stereocenters. The maximum atomic E-state index is 8.96. The summed E-state index contributed by atoms with van der Waals surface area (Å²) in [7, 11) is 1.72. The summed E-state index contributed by atoms with van der Waals surface area (Å²) in [4.78, 5) is 2.36. The van der Waals surface area contributed by atoms with Crippen LogP contribution in [-0.4, -0.2) is 50.3 Å². The average Bonchev–Trinajstić information content (AvgIpc) is 3.06. The van der Waals surface area contributed by atoms with E-state index < -0.39 is 0 Å². The van der Waals surface area contributed by atoms with E-state index in [1.54, 1.807) is 7.11 Å². The van der Waals surface area contributed by atoms with Crippen LogP contribution in [-0.2, 0) is 4.74 Å². The predicted octanol–water partition coefficient (Wildman–Crippen LogP) is 0.599. The van der Waals surface area contributed by atoms with E-state index in [1.165, 1.54) is 12.8 Å². The number of ether oxygens (including phenoxy) is 1. The lowest BCUT2D eigenvalue weighted by atomic mass is 10.3. The Morgan fingerprint density at radius 1 is 1.60 bits per heavy atom. The Morgan fingerprint density at radius 2 is 2.33 bits per heavy atom. The third-order valence-corrected chi connectivity index (χ3v) is 2.67. The van der Waals surface area contributed by atoms with Crippen molar-refractivity contribution in [1.29, 1.82) is 5.26 Å². The molecule has 0 aromatic rings. The largest absolute Gasteiger partial charge is 0.383 e. The van der Waals surface area contributed by atoms with Gasteiger partial charge in [-0.2, -0.15) is 5.26 Å². The number of nitriles is 1. The van der Waals surface area contributed by atoms with Crippen molar-refractivity contribution in [2.75, 3.05) is 33.4 Å². The molecule has 0 radical (unpaired) electrons. The molecule has 0 aromatic carbocycles. The summed E-state index contributed by atoms with van der Waals surface area (Å²) in [5.74, 6) is 0. The predicted molar refractivity (Wildman–Crippen MR) is 59.5 cm³/mol. The molecule has 1 rings (SSSR count). The normalized spacial score (nSPS) is 17.7. The molecule has 4 nitrogen and oxygen atoms in total. The molecule has 0 bridgehead atoms. The average molecular weight is 211 g/mol. The number of nitrogens with one attached hydrogen (secondary N) is 1. The van der Waals surface area contributed by atoms with Gasteiger partial charge in [0.1, 0.15) is 6.04 Å². The van der Waals surface area contributed by atoms with Crippen LogP contribution in [0.15, 0.2) is 0 Å². The van der Waals surface area contributed by atoms with Crippen molar-refractivity contribution < 1.29 is 4.74 Å². The van der Waals surface area contributed by atoms with Gasteiger partial charge in [0.05, 0.1) is 12.7 Å². The lowest BCUT2D eigenvalue weighted by molar-refractivity contribution is 0.140. The molecule has 0 saturated heterocycles. The molecule has 0 amide bonds. The third kappa shape index (κ3) is 4.61. The first kappa shape index (κ1) is 12.4. The van der Waals surface area contributed by atoms with E-state index in [1.807, 2.05) is 6.92 Å². The molecule has 0 heterocycles. The highest BCUT2D eigenvalue weighted by Gasteiger charge is 2.29. The highest BCUT2D eigenvalue weighted by atomic mass is 16.5. The fourth-order valence-electron chi connectivity index (χ4n) is 1.70. The maximum absolute atomic E-state index is 8.96. The summed E-state index contributed by atoms with van der Waals surface area (Å²) in [5, 5.41) is 12.1. The molecule has 0 spiro atoms. The number of hydrogen-bond donors (Lipinski definition) is 1. The minimum absolute atomic E-state index is 0.0487. The Hall–Kier alpha value is -0.630. The van der Waals surface area contributed by atoms with Gasteiger partial charge in [0.15, 0.2) is 0 Å². The van der Waals surface area contributed by atoms with Crippen LogP contribution in [0.2, 0.25) is 0 Å². The SMILES string of the molecule is CCNC(C#N)CN(CCOC)C1CC1. The Labute approximate surface area is 92.2 Å². The Morgan fingerprint density at radius 3 is 2.80 bits per heavy atom. The van der Waals surface area contributed by atoms with Gasteiger partial charge in [-0.3, -0.25) is 4.90 Å². The van der Waals surface area contributed by atoms with Crippen molar-refractivity contribution in [2.24, 2.45) is 0 Å². The maximum Gasteiger partial charge on any atom is 0.108 e. The molecule has 1 N–H and O–H groups in total. The van der Waals surface area contributed by atoms with Crippen LogP contribution in [0.1, 0.15) is 19.8 Å². The highest BCUT2D eigenvalue weighted by Crippen LogP contribution is 2.26. The summed E-state index contributed by atoms with van der Waals surface area (Å²) in [5.41, 5.74) is 0. The second-order valence-electron chi connectivity index (χ2n) is 3.96. The van der Waals surface area contributed by atoms with Gasteiger partial charge in [0.2, 0.25) is 0 Å². The van der Waals surface area contributed by atoms with Crippen molar-refractivity contribution in [2.45, 2.75) is 31.8 Å². The smallest absolute Gasteiger partial charge is 0.108 e. The molecule has 1 saturated carbocycles. The van der Waals surface area contributed by atoms with Gasteiger partial charge in [0, 0.05) is 26.2 Å². The van der Waals surface area contributed by atoms with Crippen molar-refractivity contribution in [3.05, 3.63) is 0 Å². The van der Waals surface area contributed by atoms with Gasteiger partial charge < -0.3 is 10.1 Å². The first-order valence-corrected chi connectivity index (χ1v) is 5.67. The minimum Gasteiger partial charge on any atom is -0.383 e. The topological polar surface area (TPSA) is 48.3 Å². The summed E-state index contributed by atoms with van der Waals surface area (Å²) < 4.78 is 5.08. The van der Waals surface area contributed by atoms with Crippen LogP contribution in [0.3, 0.4) is 0 Å². The monoisotopic (exact) mass is 211 g/mol. The van der Waals surface area contributed by atoms with E-state index >= 15 is 0 Å². The van der Waals surface area contributed by atoms with Gasteiger partial charge in [-0.05, 0) is 19.4 Å². The van der Waals surface area contributed by atoms with E-state index in [0.717, 1.165) is 26.2 Å². The van der Waals surface area contributed by atoms with Crippen molar-refractivity contribution >= 4 is 0 Å². The fourth-order valence-corrected chi connectivity index (χ4v) is 1.70. The molecule has 15 heavy (non-hydrogen) atoms. The van der Waals surface area contributed by atoms with E-state index in [9.17, 15) is 0 Å². The number of nitrogens with zero attached hydrogens (tertiary/aromatic N) is 2. The molecule has 1 aliphatic rings. The summed E-state index contributed by atoms with van der Waals surface area (Å²) >= 11 is 0. The van der Waals surface area contributed by atoms with Crippen LogP contribution in [0.4, 0.5) is 0 Å². The van der Waals surface area contributed by atoms with Crippen LogP contribution in [0.25, 0.3) is 0 Å².